The monoisotopic (exact) mass is 329 g/mol. The maximum Gasteiger partial charge on any atom is 0.307 e. The van der Waals surface area contributed by atoms with Crippen LogP contribution < -0.4 is 10.9 Å². The van der Waals surface area contributed by atoms with E-state index in [-0.39, 0.29) is 12.0 Å². The van der Waals surface area contributed by atoms with Crippen LogP contribution in [0.1, 0.15) is 41.0 Å². The number of carboxylic acids is 1. The molecule has 1 aromatic heterocycles. The lowest BCUT2D eigenvalue weighted by Gasteiger charge is -2.11. The van der Waals surface area contributed by atoms with Crippen LogP contribution in [0, 0.1) is 0 Å². The third-order valence-corrected chi connectivity index (χ3v) is 3.65. The number of benzene rings is 1. The van der Waals surface area contributed by atoms with Gasteiger partial charge >= 0.3 is 5.97 Å². The van der Waals surface area contributed by atoms with Crippen molar-refractivity contribution in [3.63, 3.8) is 0 Å². The lowest BCUT2D eigenvalue weighted by atomic mass is 10.0. The molecule has 1 heterocycles. The highest BCUT2D eigenvalue weighted by Crippen LogP contribution is 2.14. The highest BCUT2D eigenvalue weighted by Gasteiger charge is 2.19. The van der Waals surface area contributed by atoms with Crippen LogP contribution in [0.15, 0.2) is 29.1 Å². The third kappa shape index (κ3) is 3.87. The van der Waals surface area contributed by atoms with Crippen molar-refractivity contribution < 1.29 is 14.7 Å². The van der Waals surface area contributed by atoms with Crippen molar-refractivity contribution in [2.45, 2.75) is 33.1 Å². The van der Waals surface area contributed by atoms with E-state index in [9.17, 15) is 14.4 Å². The maximum absolute atomic E-state index is 12.5. The highest BCUT2D eigenvalue weighted by atomic mass is 16.4. The standard InChI is InChI=1S/C17H19N3O4/c1-3-12-13(4-2)19-20-17(24)15(12)16(23)18-11-7-5-10(6-8-11)9-14(21)22/h5-8H,3-4,9H2,1-2H3,(H,18,23)(H,20,24)(H,21,22). The molecule has 2 aromatic rings. The highest BCUT2D eigenvalue weighted by molar-refractivity contribution is 6.05. The number of aromatic amines is 1. The molecule has 0 aliphatic carbocycles. The van der Waals surface area contributed by atoms with Crippen LogP contribution in [0.3, 0.4) is 0 Å². The molecule has 2 rings (SSSR count). The van der Waals surface area contributed by atoms with Gasteiger partial charge in [-0.1, -0.05) is 26.0 Å². The minimum atomic E-state index is -0.921. The van der Waals surface area contributed by atoms with E-state index in [2.05, 4.69) is 15.5 Å². The summed E-state index contributed by atoms with van der Waals surface area (Å²) in [5.74, 6) is -1.43. The summed E-state index contributed by atoms with van der Waals surface area (Å²) in [6.07, 6.45) is 1.06. The van der Waals surface area contributed by atoms with E-state index in [0.717, 1.165) is 0 Å². The molecule has 0 radical (unpaired) electrons. The van der Waals surface area contributed by atoms with Crippen LogP contribution in [0.5, 0.6) is 0 Å². The van der Waals surface area contributed by atoms with Gasteiger partial charge in [-0.3, -0.25) is 14.4 Å². The van der Waals surface area contributed by atoms with Crippen molar-refractivity contribution in [1.82, 2.24) is 10.2 Å². The van der Waals surface area contributed by atoms with Crippen LogP contribution in [0.2, 0.25) is 0 Å². The lowest BCUT2D eigenvalue weighted by molar-refractivity contribution is -0.136. The van der Waals surface area contributed by atoms with Gasteiger partial charge < -0.3 is 10.4 Å². The van der Waals surface area contributed by atoms with E-state index in [1.165, 1.54) is 0 Å². The number of carbonyl (C=O) groups is 2. The predicted molar refractivity (Wildman–Crippen MR) is 89.3 cm³/mol. The summed E-state index contributed by atoms with van der Waals surface area (Å²) >= 11 is 0. The summed E-state index contributed by atoms with van der Waals surface area (Å²) in [7, 11) is 0. The Kier molecular flexibility index (Phi) is 5.47. The fourth-order valence-electron chi connectivity index (χ4n) is 2.51. The van der Waals surface area contributed by atoms with Crippen LogP contribution in [0.25, 0.3) is 0 Å². The van der Waals surface area contributed by atoms with Crippen molar-refractivity contribution in [3.8, 4) is 0 Å². The molecule has 24 heavy (non-hydrogen) atoms. The Bertz CT molecular complexity index is 810. The summed E-state index contributed by atoms with van der Waals surface area (Å²) in [4.78, 5) is 35.2. The van der Waals surface area contributed by atoms with Crippen molar-refractivity contribution >= 4 is 17.6 Å². The Morgan fingerprint density at radius 1 is 1.17 bits per heavy atom. The van der Waals surface area contributed by atoms with E-state index in [1.54, 1.807) is 24.3 Å². The first-order valence-electron chi connectivity index (χ1n) is 7.68. The van der Waals surface area contributed by atoms with Crippen molar-refractivity contribution in [2.24, 2.45) is 0 Å². The van der Waals surface area contributed by atoms with Gasteiger partial charge in [0.15, 0.2) is 0 Å². The van der Waals surface area contributed by atoms with Gasteiger partial charge in [-0.2, -0.15) is 5.10 Å². The van der Waals surface area contributed by atoms with Gasteiger partial charge in [-0.15, -0.1) is 0 Å². The van der Waals surface area contributed by atoms with Gasteiger partial charge in [0, 0.05) is 5.69 Å². The summed E-state index contributed by atoms with van der Waals surface area (Å²) in [5, 5.41) is 17.8. The first-order valence-corrected chi connectivity index (χ1v) is 7.68. The average molecular weight is 329 g/mol. The van der Waals surface area contributed by atoms with Gasteiger partial charge in [0.25, 0.3) is 11.5 Å². The molecule has 0 aliphatic heterocycles. The molecule has 1 amide bonds. The van der Waals surface area contributed by atoms with Crippen molar-refractivity contribution in [1.29, 1.82) is 0 Å². The molecule has 0 unspecified atom stereocenters. The molecule has 126 valence electrons. The number of aromatic nitrogens is 2. The second-order valence-electron chi connectivity index (χ2n) is 5.28. The number of hydrogen-bond acceptors (Lipinski definition) is 4. The molecule has 7 heteroatoms. The van der Waals surface area contributed by atoms with E-state index >= 15 is 0 Å². The molecule has 0 fully saturated rings. The molecule has 3 N–H and O–H groups in total. The number of rotatable bonds is 6. The molecule has 1 aromatic carbocycles. The van der Waals surface area contributed by atoms with Gasteiger partial charge in [0.2, 0.25) is 0 Å². The summed E-state index contributed by atoms with van der Waals surface area (Å²) in [5.41, 5.74) is 2.00. The number of carbonyl (C=O) groups excluding carboxylic acids is 1. The Hall–Kier alpha value is -2.96. The van der Waals surface area contributed by atoms with E-state index in [4.69, 9.17) is 5.11 Å². The number of nitrogens with one attached hydrogen (secondary N) is 2. The van der Waals surface area contributed by atoms with Crippen molar-refractivity contribution in [3.05, 3.63) is 57.0 Å². The smallest absolute Gasteiger partial charge is 0.307 e. The van der Waals surface area contributed by atoms with E-state index in [0.29, 0.717) is 35.3 Å². The number of hydrogen-bond donors (Lipinski definition) is 3. The molecule has 0 saturated carbocycles. The van der Waals surface area contributed by atoms with Crippen LogP contribution in [-0.2, 0) is 24.1 Å². The summed E-state index contributed by atoms with van der Waals surface area (Å²) in [6.45, 7) is 3.77. The van der Waals surface area contributed by atoms with Crippen LogP contribution in [0.4, 0.5) is 5.69 Å². The van der Waals surface area contributed by atoms with Gasteiger partial charge in [-0.05, 0) is 36.1 Å². The minimum Gasteiger partial charge on any atom is -0.481 e. The molecule has 0 aliphatic rings. The zero-order chi connectivity index (χ0) is 17.7. The zero-order valence-corrected chi connectivity index (χ0v) is 13.5. The second kappa shape index (κ2) is 7.54. The maximum atomic E-state index is 12.5. The first kappa shape index (κ1) is 17.4. The van der Waals surface area contributed by atoms with Gasteiger partial charge in [0.1, 0.15) is 5.56 Å². The molecule has 0 saturated heterocycles. The quantitative estimate of drug-likeness (QED) is 0.748. The molecular formula is C17H19N3O4. The fourth-order valence-corrected chi connectivity index (χ4v) is 2.51. The van der Waals surface area contributed by atoms with Gasteiger partial charge in [0.05, 0.1) is 12.1 Å². The Morgan fingerprint density at radius 2 is 1.83 bits per heavy atom. The molecule has 0 atom stereocenters. The van der Waals surface area contributed by atoms with Crippen LogP contribution in [-0.4, -0.2) is 27.2 Å². The zero-order valence-electron chi connectivity index (χ0n) is 13.5. The second-order valence-corrected chi connectivity index (χ2v) is 5.28. The Morgan fingerprint density at radius 3 is 2.38 bits per heavy atom. The van der Waals surface area contributed by atoms with E-state index in [1.807, 2.05) is 13.8 Å². The fraction of sp³-hybridized carbons (Fsp3) is 0.294. The number of carboxylic acid groups (broad SMARTS) is 1. The SMILES string of the molecule is CCc1n[nH]c(=O)c(C(=O)Nc2ccc(CC(=O)O)cc2)c1CC. The van der Waals surface area contributed by atoms with Crippen LogP contribution >= 0.6 is 0 Å². The summed E-state index contributed by atoms with van der Waals surface area (Å²) in [6, 6.07) is 6.47. The average Bonchev–Trinajstić information content (AvgIpc) is 2.55. The summed E-state index contributed by atoms with van der Waals surface area (Å²) < 4.78 is 0. The number of H-pyrrole nitrogens is 1. The normalized spacial score (nSPS) is 10.4. The number of anilines is 1. The lowest BCUT2D eigenvalue weighted by Crippen LogP contribution is -2.27. The van der Waals surface area contributed by atoms with Gasteiger partial charge in [-0.25, -0.2) is 5.10 Å². The molecular weight excluding hydrogens is 310 g/mol. The number of aryl methyl sites for hydroxylation is 1. The molecule has 7 nitrogen and oxygen atoms in total. The minimum absolute atomic E-state index is 0.0685. The Labute approximate surface area is 138 Å². The molecule has 0 bridgehead atoms. The molecule has 0 spiro atoms. The third-order valence-electron chi connectivity index (χ3n) is 3.65. The first-order chi connectivity index (χ1) is 11.5. The van der Waals surface area contributed by atoms with Crippen molar-refractivity contribution in [2.75, 3.05) is 5.32 Å². The predicted octanol–water partition coefficient (Wildman–Crippen LogP) is 1.77. The Balaban J connectivity index is 2.27. The largest absolute Gasteiger partial charge is 0.481 e. The van der Waals surface area contributed by atoms with E-state index < -0.39 is 17.4 Å². The number of amides is 1. The number of nitrogens with zero attached hydrogens (tertiary/aromatic N) is 1. The number of aliphatic carboxylic acids is 1. The topological polar surface area (TPSA) is 112 Å².